The summed E-state index contributed by atoms with van der Waals surface area (Å²) < 4.78 is 0. The van der Waals surface area contributed by atoms with Gasteiger partial charge in [-0.25, -0.2) is 0 Å². The highest BCUT2D eigenvalue weighted by Gasteiger charge is 1.00. The summed E-state index contributed by atoms with van der Waals surface area (Å²) in [4.78, 5) is 0. The first-order chi connectivity index (χ1) is 2.00. The molecule has 0 N–H and O–H groups in total. The Bertz CT molecular complexity index is 0. The van der Waals surface area contributed by atoms with Crippen molar-refractivity contribution in [1.29, 1.82) is 0 Å². The van der Waals surface area contributed by atoms with Gasteiger partial charge in [0.25, 0.3) is 0 Å². The Hall–Kier alpha value is 1.16. The van der Waals surface area contributed by atoms with Gasteiger partial charge in [0.2, 0.25) is 0 Å². The second-order valence-electron chi connectivity index (χ2n) is 0. The summed E-state index contributed by atoms with van der Waals surface area (Å²) in [6, 6.07) is 0. The molecule has 0 atom stereocenters. The second kappa shape index (κ2) is 30.9. The summed E-state index contributed by atoms with van der Waals surface area (Å²) >= 11 is 0. The molecule has 0 saturated heterocycles. The highest BCUT2D eigenvalue weighted by molar-refractivity contribution is 6.85. The maximum Gasteiger partial charge on any atom is 0 e. The summed E-state index contributed by atoms with van der Waals surface area (Å²) in [7, 11) is 16.4. The Balaban J connectivity index is 0. The van der Waals surface area contributed by atoms with Crippen molar-refractivity contribution in [1.82, 2.24) is 0 Å². The molecule has 0 aliphatic carbocycles. The first kappa shape index (κ1) is 8.94. The lowest BCUT2D eigenvalue weighted by Gasteiger charge is -1.00. The molecule has 0 rings (SSSR count). The van der Waals surface area contributed by atoms with Gasteiger partial charge in [0.15, 0.2) is 0 Å². The lowest BCUT2D eigenvalue weighted by atomic mass is 34.5. The highest BCUT2D eigenvalue weighted by Crippen LogP contribution is 1.69. The molecule has 0 radical (unpaired) electrons. The predicted molar refractivity (Wildman–Crippen MR) is 23.4 cm³/mol. The predicted octanol–water partition coefficient (Wildman–Crippen LogP) is 2.76. The molecule has 0 aliphatic rings. The molecule has 0 amide bonds. The number of hydrogen-bond donors (Lipinski definition) is 0. The first-order valence-corrected chi connectivity index (χ1v) is 2.57. The van der Waals surface area contributed by atoms with Crippen LogP contribution >= 0.6 is 43.4 Å². The zero-order chi connectivity index (χ0) is 4.00. The van der Waals surface area contributed by atoms with Crippen LogP contribution in [0.15, 0.2) is 0 Å². The maximum atomic E-state index is 4.11. The lowest BCUT2D eigenvalue weighted by molar-refractivity contribution is 4.85. The van der Waals surface area contributed by atoms with Crippen molar-refractivity contribution in [2.45, 2.75) is 0 Å². The Morgan fingerprint density at radius 3 is 0.500 bits per heavy atom. The standard InChI is InChI=1S/2Cl2/c2*1-2. The fourth-order valence-electron chi connectivity index (χ4n) is 0. The summed E-state index contributed by atoms with van der Waals surface area (Å²) in [5.41, 5.74) is 0. The zero-order valence-corrected chi connectivity index (χ0v) is 4.54. The largest absolute Gasteiger partial charge is 0 e. The van der Waals surface area contributed by atoms with Gasteiger partial charge in [-0.2, -0.15) is 0 Å². The van der Waals surface area contributed by atoms with Crippen LogP contribution in [-0.2, 0) is 0 Å². The third-order valence-corrected chi connectivity index (χ3v) is 0. The van der Waals surface area contributed by atoms with Crippen molar-refractivity contribution >= 4 is 43.4 Å². The summed E-state index contributed by atoms with van der Waals surface area (Å²) in [6.45, 7) is 0. The van der Waals surface area contributed by atoms with E-state index >= 15 is 0 Å². The Kier molecular flexibility index (Phi) is 69.0. The van der Waals surface area contributed by atoms with E-state index in [2.05, 4.69) is 43.4 Å². The Morgan fingerprint density at radius 2 is 0.500 bits per heavy atom. The van der Waals surface area contributed by atoms with Crippen LogP contribution in [0.1, 0.15) is 0 Å². The van der Waals surface area contributed by atoms with Crippen molar-refractivity contribution in [3.05, 3.63) is 0 Å². The third kappa shape index (κ3) is 11.0. The minimum absolute atomic E-state index is 4.11. The topological polar surface area (TPSA) is 0 Å². The van der Waals surface area contributed by atoms with E-state index in [0.29, 0.717) is 0 Å². The minimum Gasteiger partial charge on any atom is 0 e. The third-order valence-electron chi connectivity index (χ3n) is 0. The van der Waals surface area contributed by atoms with Gasteiger partial charge in [-0.15, -0.1) is 0 Å². The molecule has 0 saturated carbocycles. The number of halogens is 4. The molecule has 0 heterocycles. The van der Waals surface area contributed by atoms with E-state index in [-0.39, 0.29) is 0 Å². The van der Waals surface area contributed by atoms with Crippen molar-refractivity contribution in [2.75, 3.05) is 0 Å². The quantitative estimate of drug-likeness (QED) is 0.487. The molecule has 4 heteroatoms. The van der Waals surface area contributed by atoms with E-state index in [4.69, 9.17) is 0 Å². The molecule has 0 aromatic heterocycles. The SMILES string of the molecule is ClCl.ClCl. The average molecular weight is 142 g/mol. The Morgan fingerprint density at radius 1 is 0.500 bits per heavy atom. The molecule has 4 heavy (non-hydrogen) atoms. The van der Waals surface area contributed by atoms with Crippen LogP contribution in [-0.4, -0.2) is 0 Å². The van der Waals surface area contributed by atoms with E-state index in [1.54, 1.807) is 0 Å². The zero-order valence-electron chi connectivity index (χ0n) is 1.51. The average Bonchev–Trinajstić information content (AvgIpc) is 1.50. The summed E-state index contributed by atoms with van der Waals surface area (Å²) in [5, 5.41) is 0. The van der Waals surface area contributed by atoms with Gasteiger partial charge in [-0.05, 0) is 0 Å². The molecule has 0 unspecified atom stereocenters. The molecule has 0 bridgehead atoms. The van der Waals surface area contributed by atoms with E-state index in [0.717, 1.165) is 0 Å². The summed E-state index contributed by atoms with van der Waals surface area (Å²) in [6.07, 6.45) is 0. The van der Waals surface area contributed by atoms with E-state index in [1.165, 1.54) is 0 Å². The van der Waals surface area contributed by atoms with Crippen molar-refractivity contribution in [2.24, 2.45) is 0 Å². The van der Waals surface area contributed by atoms with Crippen molar-refractivity contribution < 1.29 is 0 Å². The monoisotopic (exact) mass is 140 g/mol. The van der Waals surface area contributed by atoms with Crippen molar-refractivity contribution in [3.63, 3.8) is 0 Å². The van der Waals surface area contributed by atoms with Gasteiger partial charge in [0.05, 0.1) is 0 Å². The van der Waals surface area contributed by atoms with E-state index < -0.39 is 0 Å². The second-order valence-corrected chi connectivity index (χ2v) is 0. The molecule has 0 spiro atoms. The minimum atomic E-state index is 4.11. The van der Waals surface area contributed by atoms with Crippen LogP contribution in [0.3, 0.4) is 0 Å². The van der Waals surface area contributed by atoms with Crippen LogP contribution in [0.2, 0.25) is 0 Å². The van der Waals surface area contributed by atoms with E-state index in [1.807, 2.05) is 0 Å². The summed E-state index contributed by atoms with van der Waals surface area (Å²) in [5.74, 6) is 0. The molecular formula is Cl4. The fourth-order valence-corrected chi connectivity index (χ4v) is 0. The molecule has 0 nitrogen and oxygen atoms in total. The smallest absolute Gasteiger partial charge is 0 e. The van der Waals surface area contributed by atoms with Gasteiger partial charge < -0.3 is 0 Å². The van der Waals surface area contributed by atoms with Crippen LogP contribution < -0.4 is 0 Å². The molecule has 0 aliphatic heterocycles. The molecule has 0 fully saturated rings. The van der Waals surface area contributed by atoms with Crippen LogP contribution in [0.5, 0.6) is 0 Å². The van der Waals surface area contributed by atoms with Crippen LogP contribution in [0.4, 0.5) is 0 Å². The van der Waals surface area contributed by atoms with Crippen LogP contribution in [0.25, 0.3) is 0 Å². The van der Waals surface area contributed by atoms with Gasteiger partial charge >= 0.3 is 0 Å². The fraction of sp³-hybridized carbons (Fsp3) is 0. The van der Waals surface area contributed by atoms with E-state index in [9.17, 15) is 0 Å². The Labute approximate surface area is 43.8 Å². The van der Waals surface area contributed by atoms with Gasteiger partial charge in [0.1, 0.15) is 0 Å². The molecule has 0 aromatic rings. The molecular weight excluding hydrogens is 142 g/mol. The number of rotatable bonds is 0. The normalized spacial score (nSPS) is 3.00. The highest BCUT2D eigenvalue weighted by atomic mass is 36.5. The first-order valence-electron chi connectivity index (χ1n) is 0.286. The van der Waals surface area contributed by atoms with Crippen molar-refractivity contribution in [3.8, 4) is 0 Å². The van der Waals surface area contributed by atoms with Gasteiger partial charge in [0, 0.05) is 43.4 Å². The van der Waals surface area contributed by atoms with Gasteiger partial charge in [-0.3, -0.25) is 0 Å². The molecule has 0 aromatic carbocycles. The lowest BCUT2D eigenvalue weighted by Crippen LogP contribution is -0.311. The maximum absolute atomic E-state index is 4.11. The van der Waals surface area contributed by atoms with Gasteiger partial charge in [-0.1, -0.05) is 0 Å². The number of hydrogen-bond acceptors (Lipinski definition) is 0. The molecule has 28 valence electrons. The van der Waals surface area contributed by atoms with Crippen LogP contribution in [0, 0.1) is 0 Å².